The second-order valence-corrected chi connectivity index (χ2v) is 3.85. The largest absolute Gasteiger partial charge is 0.374 e. The summed E-state index contributed by atoms with van der Waals surface area (Å²) in [6.07, 6.45) is 0. The summed E-state index contributed by atoms with van der Waals surface area (Å²) >= 11 is 4.76. The summed E-state index contributed by atoms with van der Waals surface area (Å²) in [6.45, 7) is 4.07. The summed E-state index contributed by atoms with van der Waals surface area (Å²) < 4.78 is 0. The Bertz CT molecular complexity index is 355. The minimum atomic E-state index is -0.0365. The minimum absolute atomic E-state index is 0.0365. The smallest absolute Gasteiger partial charge is 0.198 e. The van der Waals surface area contributed by atoms with Crippen molar-refractivity contribution in [2.24, 2.45) is 5.73 Å². The van der Waals surface area contributed by atoms with Gasteiger partial charge in [-0.15, -0.1) is 4.99 Å². The zero-order chi connectivity index (χ0) is 11.4. The molecule has 82 valence electrons. The Morgan fingerprint density at radius 3 is 2.53 bits per heavy atom. The first-order valence-electron chi connectivity index (χ1n) is 4.58. The van der Waals surface area contributed by atoms with Crippen LogP contribution in [0.4, 0.5) is 5.69 Å². The Morgan fingerprint density at radius 1 is 1.47 bits per heavy atom. The van der Waals surface area contributed by atoms with Gasteiger partial charge in [-0.25, -0.2) is 5.26 Å². The third-order valence-corrected chi connectivity index (χ3v) is 2.23. The average Bonchev–Trinajstić information content (AvgIpc) is 2.18. The molecule has 0 bridgehead atoms. The summed E-state index contributed by atoms with van der Waals surface area (Å²) in [4.78, 5) is 4.16. The SMILES string of the molecule is CC(C)c1ccccc1N(OO)C(N)=S. The first-order chi connectivity index (χ1) is 7.07. The Morgan fingerprint density at radius 2 is 2.07 bits per heavy atom. The molecule has 5 heteroatoms. The maximum absolute atomic E-state index is 8.71. The van der Waals surface area contributed by atoms with E-state index in [2.05, 4.69) is 4.99 Å². The molecule has 0 aliphatic carbocycles. The third-order valence-electron chi connectivity index (χ3n) is 2.06. The molecule has 0 aliphatic rings. The van der Waals surface area contributed by atoms with Gasteiger partial charge in [-0.3, -0.25) is 0 Å². The van der Waals surface area contributed by atoms with Gasteiger partial charge < -0.3 is 5.73 Å². The van der Waals surface area contributed by atoms with Crippen molar-refractivity contribution in [3.8, 4) is 0 Å². The fourth-order valence-corrected chi connectivity index (χ4v) is 1.50. The van der Waals surface area contributed by atoms with Crippen LogP contribution in [0.3, 0.4) is 0 Å². The van der Waals surface area contributed by atoms with Crippen molar-refractivity contribution < 1.29 is 10.2 Å². The summed E-state index contributed by atoms with van der Waals surface area (Å²) in [7, 11) is 0. The van der Waals surface area contributed by atoms with Gasteiger partial charge in [0.15, 0.2) is 5.11 Å². The molecule has 0 fully saturated rings. The number of hydrogen-bond donors (Lipinski definition) is 2. The molecule has 0 heterocycles. The zero-order valence-corrected chi connectivity index (χ0v) is 9.49. The molecule has 0 unspecified atom stereocenters. The zero-order valence-electron chi connectivity index (χ0n) is 8.68. The minimum Gasteiger partial charge on any atom is -0.374 e. The molecule has 0 aromatic heterocycles. The number of para-hydroxylation sites is 1. The van der Waals surface area contributed by atoms with E-state index < -0.39 is 0 Å². The molecule has 0 aliphatic heterocycles. The van der Waals surface area contributed by atoms with Crippen LogP contribution < -0.4 is 10.8 Å². The Hall–Kier alpha value is -1.17. The van der Waals surface area contributed by atoms with Crippen molar-refractivity contribution in [1.82, 2.24) is 0 Å². The van der Waals surface area contributed by atoms with Gasteiger partial charge in [-0.1, -0.05) is 32.0 Å². The fourth-order valence-electron chi connectivity index (χ4n) is 1.36. The lowest BCUT2D eigenvalue weighted by Crippen LogP contribution is -2.35. The normalized spacial score (nSPS) is 10.4. The molecular formula is C10H14N2O2S. The van der Waals surface area contributed by atoms with Gasteiger partial charge in [0.2, 0.25) is 0 Å². The van der Waals surface area contributed by atoms with Crippen molar-refractivity contribution in [2.45, 2.75) is 19.8 Å². The number of nitrogens with zero attached hydrogens (tertiary/aromatic N) is 1. The topological polar surface area (TPSA) is 58.7 Å². The van der Waals surface area contributed by atoms with Crippen LogP contribution >= 0.6 is 12.2 Å². The summed E-state index contributed by atoms with van der Waals surface area (Å²) in [5.41, 5.74) is 7.08. The first-order valence-corrected chi connectivity index (χ1v) is 4.98. The summed E-state index contributed by atoms with van der Waals surface area (Å²) in [5.74, 6) is 0.285. The van der Waals surface area contributed by atoms with Crippen LogP contribution in [0.5, 0.6) is 0 Å². The van der Waals surface area contributed by atoms with E-state index in [9.17, 15) is 0 Å². The van der Waals surface area contributed by atoms with Crippen molar-refractivity contribution in [1.29, 1.82) is 0 Å². The van der Waals surface area contributed by atoms with E-state index in [0.29, 0.717) is 5.69 Å². The van der Waals surface area contributed by atoms with Gasteiger partial charge in [-0.05, 0) is 29.8 Å². The van der Waals surface area contributed by atoms with Crippen LogP contribution in [0, 0.1) is 0 Å². The molecule has 1 rings (SSSR count). The summed E-state index contributed by atoms with van der Waals surface area (Å²) in [5, 5.41) is 9.70. The number of thiocarbonyl (C=S) groups is 1. The van der Waals surface area contributed by atoms with Gasteiger partial charge in [-0.2, -0.15) is 5.06 Å². The Kier molecular flexibility index (Phi) is 4.02. The Labute approximate surface area is 94.1 Å². The molecule has 4 nitrogen and oxygen atoms in total. The first kappa shape index (κ1) is 11.9. The molecule has 3 N–H and O–H groups in total. The van der Waals surface area contributed by atoms with Crippen LogP contribution in [0.15, 0.2) is 24.3 Å². The maximum Gasteiger partial charge on any atom is 0.198 e. The lowest BCUT2D eigenvalue weighted by atomic mass is 10.0. The lowest BCUT2D eigenvalue weighted by Gasteiger charge is -2.21. The highest BCUT2D eigenvalue weighted by Gasteiger charge is 2.15. The van der Waals surface area contributed by atoms with Crippen LogP contribution in [0.25, 0.3) is 0 Å². The molecule has 1 aromatic rings. The van der Waals surface area contributed by atoms with E-state index in [1.165, 1.54) is 0 Å². The van der Waals surface area contributed by atoms with Crippen molar-refractivity contribution >= 4 is 23.0 Å². The number of nitrogens with two attached hydrogens (primary N) is 1. The number of hydrogen-bond acceptors (Lipinski definition) is 3. The molecule has 0 atom stereocenters. The van der Waals surface area contributed by atoms with Crippen LogP contribution in [-0.4, -0.2) is 10.4 Å². The molecule has 15 heavy (non-hydrogen) atoms. The maximum atomic E-state index is 8.71. The average molecular weight is 226 g/mol. The van der Waals surface area contributed by atoms with E-state index in [0.717, 1.165) is 10.6 Å². The molecule has 1 aromatic carbocycles. The molecule has 0 radical (unpaired) electrons. The van der Waals surface area contributed by atoms with E-state index >= 15 is 0 Å². The molecule has 0 saturated heterocycles. The quantitative estimate of drug-likeness (QED) is 0.470. The Balaban J connectivity index is 3.16. The fraction of sp³-hybridized carbons (Fsp3) is 0.300. The molecule has 0 spiro atoms. The second-order valence-electron chi connectivity index (χ2n) is 3.43. The molecular weight excluding hydrogens is 212 g/mol. The number of hydroxylamine groups is 1. The van der Waals surface area contributed by atoms with Gasteiger partial charge >= 0.3 is 0 Å². The lowest BCUT2D eigenvalue weighted by molar-refractivity contribution is -0.240. The van der Waals surface area contributed by atoms with E-state index in [1.807, 2.05) is 32.0 Å². The van der Waals surface area contributed by atoms with Crippen molar-refractivity contribution in [3.05, 3.63) is 29.8 Å². The van der Waals surface area contributed by atoms with Crippen molar-refractivity contribution in [3.63, 3.8) is 0 Å². The highest BCUT2D eigenvalue weighted by atomic mass is 32.1. The van der Waals surface area contributed by atoms with Crippen molar-refractivity contribution in [2.75, 3.05) is 5.06 Å². The summed E-state index contributed by atoms with van der Waals surface area (Å²) in [6, 6.07) is 7.45. The molecule has 0 saturated carbocycles. The van der Waals surface area contributed by atoms with E-state index in [-0.39, 0.29) is 11.0 Å². The third kappa shape index (κ3) is 2.65. The number of benzene rings is 1. The standard InChI is InChI=1S/C10H14N2O2S/c1-7(2)8-5-3-4-6-9(8)12(14-13)10(11)15/h3-7,13H,1-2H3,(H2,11,15). The van der Waals surface area contributed by atoms with Gasteiger partial charge in [0, 0.05) is 0 Å². The second kappa shape index (κ2) is 5.06. The molecule has 0 amide bonds. The van der Waals surface area contributed by atoms with Crippen LogP contribution in [-0.2, 0) is 4.99 Å². The predicted octanol–water partition coefficient (Wildman–Crippen LogP) is 2.26. The van der Waals surface area contributed by atoms with E-state index in [4.69, 9.17) is 23.2 Å². The highest BCUT2D eigenvalue weighted by Crippen LogP contribution is 2.27. The van der Waals surface area contributed by atoms with Gasteiger partial charge in [0.05, 0.1) is 5.69 Å². The van der Waals surface area contributed by atoms with Crippen LogP contribution in [0.1, 0.15) is 25.3 Å². The van der Waals surface area contributed by atoms with Gasteiger partial charge in [0.1, 0.15) is 0 Å². The predicted molar refractivity (Wildman–Crippen MR) is 63.5 cm³/mol. The van der Waals surface area contributed by atoms with Gasteiger partial charge in [0.25, 0.3) is 0 Å². The number of rotatable bonds is 3. The monoisotopic (exact) mass is 226 g/mol. The number of anilines is 1. The van der Waals surface area contributed by atoms with Crippen LogP contribution in [0.2, 0.25) is 0 Å². The highest BCUT2D eigenvalue weighted by molar-refractivity contribution is 7.80. The van der Waals surface area contributed by atoms with E-state index in [1.54, 1.807) is 6.07 Å².